The average Bonchev–Trinajstić information content (AvgIpc) is 2.84. The summed E-state index contributed by atoms with van der Waals surface area (Å²) in [5, 5.41) is 3.79. The summed E-state index contributed by atoms with van der Waals surface area (Å²) in [4.78, 5) is 4.56. The molecule has 4 N–H and O–H groups in total. The molecule has 0 spiro atoms. The van der Waals surface area contributed by atoms with Crippen molar-refractivity contribution in [1.29, 1.82) is 0 Å². The summed E-state index contributed by atoms with van der Waals surface area (Å²) in [5.74, 6) is 6.06. The highest BCUT2D eigenvalue weighted by Gasteiger charge is 2.14. The van der Waals surface area contributed by atoms with Crippen LogP contribution in [0.2, 0.25) is 5.02 Å². The fraction of sp³-hybridized carbons (Fsp3) is 0.417. The SMILES string of the molecule is NNC(=NC1CCCC1)Nc1ccc(I)cc1Cl. The minimum absolute atomic E-state index is 0.367. The summed E-state index contributed by atoms with van der Waals surface area (Å²) in [6.45, 7) is 0. The van der Waals surface area contributed by atoms with Gasteiger partial charge >= 0.3 is 0 Å². The van der Waals surface area contributed by atoms with Crippen LogP contribution in [0.5, 0.6) is 0 Å². The van der Waals surface area contributed by atoms with Gasteiger partial charge in [0.1, 0.15) is 0 Å². The first-order valence-corrected chi connectivity index (χ1v) is 7.41. The number of benzene rings is 1. The number of halogens is 2. The Hall–Kier alpha value is -0.530. The summed E-state index contributed by atoms with van der Waals surface area (Å²) in [6.07, 6.45) is 4.76. The molecular weight excluding hydrogens is 363 g/mol. The maximum atomic E-state index is 6.16. The van der Waals surface area contributed by atoms with E-state index in [1.807, 2.05) is 18.2 Å². The van der Waals surface area contributed by atoms with Gasteiger partial charge in [-0.3, -0.25) is 5.43 Å². The van der Waals surface area contributed by atoms with Crippen molar-refractivity contribution in [2.24, 2.45) is 10.8 Å². The first-order valence-electron chi connectivity index (χ1n) is 5.95. The van der Waals surface area contributed by atoms with Crippen molar-refractivity contribution >= 4 is 45.8 Å². The van der Waals surface area contributed by atoms with Crippen LogP contribution in [-0.4, -0.2) is 12.0 Å². The lowest BCUT2D eigenvalue weighted by molar-refractivity contribution is 0.700. The van der Waals surface area contributed by atoms with Crippen LogP contribution in [0.1, 0.15) is 25.7 Å². The molecule has 0 amide bonds. The third-order valence-corrected chi connectivity index (χ3v) is 3.94. The van der Waals surface area contributed by atoms with E-state index in [0.717, 1.165) is 22.1 Å². The minimum Gasteiger partial charge on any atom is -0.324 e. The minimum atomic E-state index is 0.367. The number of rotatable bonds is 2. The van der Waals surface area contributed by atoms with Crippen molar-refractivity contribution in [2.45, 2.75) is 31.7 Å². The molecule has 6 heteroatoms. The second-order valence-corrected chi connectivity index (χ2v) is 5.96. The van der Waals surface area contributed by atoms with Crippen LogP contribution in [-0.2, 0) is 0 Å². The van der Waals surface area contributed by atoms with E-state index in [1.165, 1.54) is 12.8 Å². The van der Waals surface area contributed by atoms with E-state index >= 15 is 0 Å². The molecule has 1 saturated carbocycles. The molecule has 1 fully saturated rings. The maximum absolute atomic E-state index is 6.16. The van der Waals surface area contributed by atoms with Crippen molar-refractivity contribution in [3.63, 3.8) is 0 Å². The van der Waals surface area contributed by atoms with Gasteiger partial charge in [-0.05, 0) is 53.6 Å². The fourth-order valence-electron chi connectivity index (χ4n) is 2.04. The smallest absolute Gasteiger partial charge is 0.210 e. The van der Waals surface area contributed by atoms with Crippen LogP contribution in [0.4, 0.5) is 5.69 Å². The standard InChI is InChI=1S/C12H16ClIN4/c13-10-7-8(14)5-6-11(10)17-12(18-15)16-9-3-1-2-4-9/h5-7,9H,1-4,15H2,(H2,16,17,18). The zero-order valence-electron chi connectivity index (χ0n) is 9.92. The molecule has 98 valence electrons. The number of aliphatic imine (C=N–C) groups is 1. The highest BCUT2D eigenvalue weighted by atomic mass is 127. The van der Waals surface area contributed by atoms with E-state index in [0.29, 0.717) is 17.0 Å². The second-order valence-electron chi connectivity index (χ2n) is 4.31. The Bertz CT molecular complexity index is 444. The van der Waals surface area contributed by atoms with Gasteiger partial charge < -0.3 is 5.32 Å². The molecule has 1 aromatic rings. The normalized spacial score (nSPS) is 16.9. The summed E-state index contributed by atoms with van der Waals surface area (Å²) in [6, 6.07) is 6.17. The van der Waals surface area contributed by atoms with E-state index in [9.17, 15) is 0 Å². The maximum Gasteiger partial charge on any atom is 0.210 e. The molecular formula is C12H16ClIN4. The van der Waals surface area contributed by atoms with E-state index in [-0.39, 0.29) is 0 Å². The summed E-state index contributed by atoms with van der Waals surface area (Å²) in [7, 11) is 0. The number of hydrogen-bond donors (Lipinski definition) is 3. The van der Waals surface area contributed by atoms with Crippen molar-refractivity contribution in [1.82, 2.24) is 5.43 Å². The number of hydrazine groups is 1. The van der Waals surface area contributed by atoms with Crippen LogP contribution in [0.3, 0.4) is 0 Å². The van der Waals surface area contributed by atoms with E-state index in [2.05, 4.69) is 38.3 Å². The van der Waals surface area contributed by atoms with Gasteiger partial charge in [0, 0.05) is 3.57 Å². The molecule has 0 atom stereocenters. The Morgan fingerprint density at radius 1 is 1.39 bits per heavy atom. The van der Waals surface area contributed by atoms with Gasteiger partial charge in [-0.25, -0.2) is 10.8 Å². The van der Waals surface area contributed by atoms with E-state index in [4.69, 9.17) is 17.4 Å². The van der Waals surface area contributed by atoms with Crippen LogP contribution in [0.15, 0.2) is 23.2 Å². The molecule has 0 aliphatic heterocycles. The Balaban J connectivity index is 2.09. The van der Waals surface area contributed by atoms with Crippen LogP contribution >= 0.6 is 34.2 Å². The molecule has 1 aromatic carbocycles. The molecule has 1 aliphatic carbocycles. The highest BCUT2D eigenvalue weighted by Crippen LogP contribution is 2.24. The van der Waals surface area contributed by atoms with Gasteiger partial charge in [0.05, 0.1) is 16.8 Å². The number of nitrogens with two attached hydrogens (primary N) is 1. The molecule has 0 aromatic heterocycles. The summed E-state index contributed by atoms with van der Waals surface area (Å²) in [5.41, 5.74) is 3.41. The average molecular weight is 379 g/mol. The summed E-state index contributed by atoms with van der Waals surface area (Å²) < 4.78 is 1.10. The largest absolute Gasteiger partial charge is 0.324 e. The van der Waals surface area contributed by atoms with Gasteiger partial charge in [-0.1, -0.05) is 24.4 Å². The molecule has 0 unspecified atom stereocenters. The predicted molar refractivity (Wildman–Crippen MR) is 84.8 cm³/mol. The molecule has 4 nitrogen and oxygen atoms in total. The van der Waals surface area contributed by atoms with Crippen LogP contribution < -0.4 is 16.6 Å². The fourth-order valence-corrected chi connectivity index (χ4v) is 2.94. The Kier molecular flexibility index (Phi) is 5.08. The van der Waals surface area contributed by atoms with Gasteiger partial charge in [0.2, 0.25) is 5.96 Å². The van der Waals surface area contributed by atoms with Gasteiger partial charge in [-0.15, -0.1) is 0 Å². The number of anilines is 1. The van der Waals surface area contributed by atoms with Crippen molar-refractivity contribution in [3.8, 4) is 0 Å². The van der Waals surface area contributed by atoms with Gasteiger partial charge in [0.25, 0.3) is 0 Å². The Labute approximate surface area is 125 Å². The highest BCUT2D eigenvalue weighted by molar-refractivity contribution is 14.1. The third-order valence-electron chi connectivity index (χ3n) is 2.96. The third kappa shape index (κ3) is 3.73. The van der Waals surface area contributed by atoms with E-state index < -0.39 is 0 Å². The monoisotopic (exact) mass is 378 g/mol. The lowest BCUT2D eigenvalue weighted by Crippen LogP contribution is -2.37. The van der Waals surface area contributed by atoms with Gasteiger partial charge in [-0.2, -0.15) is 0 Å². The molecule has 0 bridgehead atoms. The van der Waals surface area contributed by atoms with Crippen LogP contribution in [0.25, 0.3) is 0 Å². The quantitative estimate of drug-likeness (QED) is 0.244. The zero-order valence-corrected chi connectivity index (χ0v) is 12.8. The summed E-state index contributed by atoms with van der Waals surface area (Å²) >= 11 is 8.38. The van der Waals surface area contributed by atoms with Crippen molar-refractivity contribution in [2.75, 3.05) is 5.32 Å². The number of nitrogens with one attached hydrogen (secondary N) is 2. The molecule has 1 aliphatic rings. The van der Waals surface area contributed by atoms with Crippen molar-refractivity contribution < 1.29 is 0 Å². The molecule has 2 rings (SSSR count). The molecule has 0 heterocycles. The number of nitrogens with zero attached hydrogens (tertiary/aromatic N) is 1. The lowest BCUT2D eigenvalue weighted by Gasteiger charge is -2.13. The van der Waals surface area contributed by atoms with Crippen molar-refractivity contribution in [3.05, 3.63) is 26.8 Å². The Morgan fingerprint density at radius 3 is 2.72 bits per heavy atom. The topological polar surface area (TPSA) is 62.4 Å². The molecule has 0 saturated heterocycles. The molecule has 0 radical (unpaired) electrons. The van der Waals surface area contributed by atoms with Gasteiger partial charge in [0.15, 0.2) is 0 Å². The zero-order chi connectivity index (χ0) is 13.0. The number of hydrogen-bond acceptors (Lipinski definition) is 2. The number of guanidine groups is 1. The molecule has 18 heavy (non-hydrogen) atoms. The first kappa shape index (κ1) is 13.9. The lowest BCUT2D eigenvalue weighted by atomic mass is 10.3. The first-order chi connectivity index (χ1) is 8.69. The van der Waals surface area contributed by atoms with Crippen LogP contribution in [0, 0.1) is 3.57 Å². The second kappa shape index (κ2) is 6.58. The van der Waals surface area contributed by atoms with E-state index in [1.54, 1.807) is 0 Å². The Morgan fingerprint density at radius 2 is 2.11 bits per heavy atom. The predicted octanol–water partition coefficient (Wildman–Crippen LogP) is 3.12.